The average molecular weight is 185 g/mol. The average Bonchev–Trinajstić information content (AvgIpc) is 2.03. The monoisotopic (exact) mass is 184 g/mol. The van der Waals surface area contributed by atoms with Crippen LogP contribution in [-0.4, -0.2) is 4.92 Å². The molecule has 0 unspecified atom stereocenters. The van der Waals surface area contributed by atoms with Gasteiger partial charge in [-0.2, -0.15) is 0 Å². The summed E-state index contributed by atoms with van der Waals surface area (Å²) in [6.45, 7) is 0. The molecule has 5 nitrogen and oxygen atoms in total. The summed E-state index contributed by atoms with van der Waals surface area (Å²) in [5, 5.41) is 18.5. The minimum atomic E-state index is -0.608. The SMILES string of the molecule is N#[N+]c1ccc([N+](=O)[O-])c(Cl)c1. The first-order chi connectivity index (χ1) is 5.65. The van der Waals surface area contributed by atoms with Crippen molar-refractivity contribution in [3.8, 4) is 0 Å². The summed E-state index contributed by atoms with van der Waals surface area (Å²) < 4.78 is 0. The number of nitrogens with zero attached hydrogens (tertiary/aromatic N) is 3. The predicted octanol–water partition coefficient (Wildman–Crippen LogP) is 2.73. The quantitative estimate of drug-likeness (QED) is 0.383. The van der Waals surface area contributed by atoms with Crippen LogP contribution in [0.4, 0.5) is 11.4 Å². The molecule has 0 bridgehead atoms. The summed E-state index contributed by atoms with van der Waals surface area (Å²) in [7, 11) is 0. The summed E-state index contributed by atoms with van der Waals surface area (Å²) in [6.07, 6.45) is 0. The molecule has 0 amide bonds. The van der Waals surface area contributed by atoms with E-state index in [0.29, 0.717) is 0 Å². The summed E-state index contributed by atoms with van der Waals surface area (Å²) >= 11 is 5.49. The summed E-state index contributed by atoms with van der Waals surface area (Å²) in [5.41, 5.74) is -0.0188. The molecule has 1 rings (SSSR count). The van der Waals surface area contributed by atoms with E-state index in [1.54, 1.807) is 0 Å². The van der Waals surface area contributed by atoms with E-state index in [-0.39, 0.29) is 16.4 Å². The molecule has 0 spiro atoms. The highest BCUT2D eigenvalue weighted by Gasteiger charge is 2.16. The number of hydrogen-bond acceptors (Lipinski definition) is 3. The number of diazo groups is 1. The second kappa shape index (κ2) is 3.15. The van der Waals surface area contributed by atoms with Crippen molar-refractivity contribution in [2.45, 2.75) is 0 Å². The second-order valence-electron chi connectivity index (χ2n) is 1.99. The van der Waals surface area contributed by atoms with Gasteiger partial charge in [0.1, 0.15) is 5.02 Å². The lowest BCUT2D eigenvalue weighted by molar-refractivity contribution is -0.384. The van der Waals surface area contributed by atoms with Gasteiger partial charge in [-0.15, -0.1) is 0 Å². The van der Waals surface area contributed by atoms with Gasteiger partial charge in [-0.05, 0) is 0 Å². The molecule has 60 valence electrons. The molecule has 0 atom stereocenters. The Kier molecular flexibility index (Phi) is 2.21. The van der Waals surface area contributed by atoms with Crippen molar-refractivity contribution in [2.24, 2.45) is 0 Å². The highest BCUT2D eigenvalue weighted by molar-refractivity contribution is 6.32. The normalized spacial score (nSPS) is 9.00. The molecular formula is C6H3ClN3O2+. The van der Waals surface area contributed by atoms with E-state index < -0.39 is 4.92 Å². The van der Waals surface area contributed by atoms with Gasteiger partial charge in [-0.25, -0.2) is 0 Å². The Hall–Kier alpha value is -1.67. The van der Waals surface area contributed by atoms with Gasteiger partial charge in [0.25, 0.3) is 5.69 Å². The zero-order valence-electron chi connectivity index (χ0n) is 5.77. The Morgan fingerprint density at radius 1 is 1.58 bits per heavy atom. The van der Waals surface area contributed by atoms with Crippen LogP contribution in [0, 0.1) is 15.5 Å². The van der Waals surface area contributed by atoms with Crippen molar-refractivity contribution in [1.29, 1.82) is 5.39 Å². The Morgan fingerprint density at radius 2 is 2.25 bits per heavy atom. The van der Waals surface area contributed by atoms with Crippen molar-refractivity contribution in [3.63, 3.8) is 0 Å². The molecule has 0 aromatic heterocycles. The fourth-order valence-corrected chi connectivity index (χ4v) is 0.950. The van der Waals surface area contributed by atoms with Crippen LogP contribution in [0.1, 0.15) is 0 Å². The van der Waals surface area contributed by atoms with Crippen molar-refractivity contribution < 1.29 is 4.92 Å². The highest BCUT2D eigenvalue weighted by atomic mass is 35.5. The van der Waals surface area contributed by atoms with Gasteiger partial charge in [-0.1, -0.05) is 11.6 Å². The minimum Gasteiger partial charge on any atom is -0.258 e. The molecule has 0 saturated carbocycles. The Bertz CT molecular complexity index is 372. The third-order valence-electron chi connectivity index (χ3n) is 1.24. The highest BCUT2D eigenvalue weighted by Crippen LogP contribution is 2.28. The minimum absolute atomic E-state index is 0.0460. The lowest BCUT2D eigenvalue weighted by atomic mass is 10.3. The molecule has 1 aromatic carbocycles. The van der Waals surface area contributed by atoms with Crippen molar-refractivity contribution in [1.82, 2.24) is 0 Å². The van der Waals surface area contributed by atoms with E-state index in [0.717, 1.165) is 0 Å². The molecule has 0 saturated heterocycles. The smallest absolute Gasteiger partial charge is 0.258 e. The Morgan fingerprint density at radius 3 is 2.67 bits per heavy atom. The van der Waals surface area contributed by atoms with Crippen LogP contribution in [0.3, 0.4) is 0 Å². The van der Waals surface area contributed by atoms with Crippen LogP contribution < -0.4 is 0 Å². The Labute approximate surface area is 72.3 Å². The first-order valence-corrected chi connectivity index (χ1v) is 3.32. The van der Waals surface area contributed by atoms with Crippen molar-refractivity contribution >= 4 is 23.0 Å². The van der Waals surface area contributed by atoms with Crippen LogP contribution in [0.2, 0.25) is 5.02 Å². The first-order valence-electron chi connectivity index (χ1n) is 2.94. The number of nitro groups is 1. The number of benzene rings is 1. The molecule has 0 fully saturated rings. The molecule has 0 N–H and O–H groups in total. The van der Waals surface area contributed by atoms with Gasteiger partial charge in [0.05, 0.1) is 11.0 Å². The number of hydrogen-bond donors (Lipinski definition) is 0. The zero-order valence-corrected chi connectivity index (χ0v) is 6.52. The lowest BCUT2D eigenvalue weighted by Crippen LogP contribution is -1.87. The van der Waals surface area contributed by atoms with Gasteiger partial charge >= 0.3 is 5.69 Å². The number of halogens is 1. The zero-order chi connectivity index (χ0) is 9.14. The van der Waals surface area contributed by atoms with Crippen molar-refractivity contribution in [2.75, 3.05) is 0 Å². The van der Waals surface area contributed by atoms with Crippen LogP contribution in [0.5, 0.6) is 0 Å². The molecule has 0 aliphatic heterocycles. The first kappa shape index (κ1) is 8.43. The standard InChI is InChI=1S/C6H3ClN3O2/c7-5-3-4(9-8)1-2-6(5)10(11)12/h1-3H/q+1. The predicted molar refractivity (Wildman–Crippen MR) is 42.9 cm³/mol. The largest absolute Gasteiger partial charge is 0.387 e. The van der Waals surface area contributed by atoms with Crippen molar-refractivity contribution in [3.05, 3.63) is 38.3 Å². The van der Waals surface area contributed by atoms with E-state index in [1.807, 2.05) is 0 Å². The topological polar surface area (TPSA) is 71.3 Å². The van der Waals surface area contributed by atoms with E-state index >= 15 is 0 Å². The fraction of sp³-hybridized carbons (Fsp3) is 0. The molecule has 1 aromatic rings. The fourth-order valence-electron chi connectivity index (χ4n) is 0.706. The maximum absolute atomic E-state index is 10.2. The third-order valence-corrected chi connectivity index (χ3v) is 1.55. The van der Waals surface area contributed by atoms with E-state index in [9.17, 15) is 10.1 Å². The van der Waals surface area contributed by atoms with Gasteiger partial charge in [0.15, 0.2) is 4.98 Å². The third kappa shape index (κ3) is 1.49. The molecule has 0 radical (unpaired) electrons. The molecule has 6 heteroatoms. The van der Waals surface area contributed by atoms with Crippen LogP contribution in [0.25, 0.3) is 4.98 Å². The maximum Gasteiger partial charge on any atom is 0.387 e. The summed E-state index contributed by atoms with van der Waals surface area (Å²) in [6, 6.07) is 3.68. The lowest BCUT2D eigenvalue weighted by Gasteiger charge is -1.89. The molecule has 0 aliphatic rings. The molecule has 0 heterocycles. The summed E-state index contributed by atoms with van der Waals surface area (Å²) in [4.78, 5) is 12.5. The van der Waals surface area contributed by atoms with Crippen LogP contribution in [-0.2, 0) is 0 Å². The molecule has 0 aliphatic carbocycles. The number of rotatable bonds is 1. The number of nitro benzene ring substituents is 1. The van der Waals surface area contributed by atoms with E-state index in [4.69, 9.17) is 17.0 Å². The van der Waals surface area contributed by atoms with Gasteiger partial charge in [0.2, 0.25) is 5.39 Å². The van der Waals surface area contributed by atoms with Gasteiger partial charge in [-0.3, -0.25) is 10.1 Å². The second-order valence-corrected chi connectivity index (χ2v) is 2.40. The summed E-state index contributed by atoms with van der Waals surface area (Å²) in [5.74, 6) is 0. The van der Waals surface area contributed by atoms with E-state index in [2.05, 4.69) is 4.98 Å². The van der Waals surface area contributed by atoms with E-state index in [1.165, 1.54) is 18.2 Å². The molecule has 12 heavy (non-hydrogen) atoms. The van der Waals surface area contributed by atoms with Crippen LogP contribution >= 0.6 is 11.6 Å². The van der Waals surface area contributed by atoms with Gasteiger partial charge in [0, 0.05) is 12.1 Å². The van der Waals surface area contributed by atoms with Gasteiger partial charge < -0.3 is 0 Å². The molecular weight excluding hydrogens is 182 g/mol. The van der Waals surface area contributed by atoms with Crippen LogP contribution in [0.15, 0.2) is 18.2 Å². The maximum atomic E-state index is 10.2. The Balaban J connectivity index is 3.23.